The van der Waals surface area contributed by atoms with E-state index in [1.54, 1.807) is 0 Å². The number of aromatic nitrogens is 2. The molecule has 0 bridgehead atoms. The van der Waals surface area contributed by atoms with E-state index >= 15 is 0 Å². The molecule has 5 nitrogen and oxygen atoms in total. The van der Waals surface area contributed by atoms with Gasteiger partial charge in [-0.3, -0.25) is 4.98 Å². The summed E-state index contributed by atoms with van der Waals surface area (Å²) in [6.07, 6.45) is 4.08. The lowest BCUT2D eigenvalue weighted by molar-refractivity contribution is 0.188. The summed E-state index contributed by atoms with van der Waals surface area (Å²) in [4.78, 5) is 8.00. The molecule has 2 aromatic rings. The number of ether oxygens (including phenoxy) is 1. The van der Waals surface area contributed by atoms with Crippen molar-refractivity contribution in [2.45, 2.75) is 25.0 Å². The highest BCUT2D eigenvalue weighted by molar-refractivity contribution is 5.35. The van der Waals surface area contributed by atoms with E-state index in [4.69, 9.17) is 10.5 Å². The number of hydrogen-bond donors (Lipinski definition) is 2. The Kier molecular flexibility index (Phi) is 3.05. The van der Waals surface area contributed by atoms with E-state index < -0.39 is 0 Å². The van der Waals surface area contributed by atoms with Crippen molar-refractivity contribution < 1.29 is 9.84 Å². The summed E-state index contributed by atoms with van der Waals surface area (Å²) in [5.41, 5.74) is 7.93. The van der Waals surface area contributed by atoms with Crippen LogP contribution in [0.25, 0.3) is 0 Å². The third-order valence-electron chi connectivity index (χ3n) is 3.23. The van der Waals surface area contributed by atoms with Crippen LogP contribution in [-0.2, 0) is 6.42 Å². The largest absolute Gasteiger partial charge is 0.492 e. The van der Waals surface area contributed by atoms with Gasteiger partial charge in [0.1, 0.15) is 11.9 Å². The van der Waals surface area contributed by atoms with Gasteiger partial charge in [-0.1, -0.05) is 18.2 Å². The average molecular weight is 257 g/mol. The highest BCUT2D eigenvalue weighted by atomic mass is 16.5. The molecule has 5 heteroatoms. The predicted octanol–water partition coefficient (Wildman–Crippen LogP) is 1.58. The number of para-hydroxylation sites is 1. The summed E-state index contributed by atoms with van der Waals surface area (Å²) in [6.45, 7) is 0. The zero-order chi connectivity index (χ0) is 13.2. The fourth-order valence-electron chi connectivity index (χ4n) is 2.31. The number of aromatic hydroxyl groups is 1. The summed E-state index contributed by atoms with van der Waals surface area (Å²) in [7, 11) is 0. The molecule has 0 amide bonds. The van der Waals surface area contributed by atoms with Gasteiger partial charge in [-0.2, -0.15) is 0 Å². The van der Waals surface area contributed by atoms with Crippen LogP contribution in [0.2, 0.25) is 0 Å². The first kappa shape index (κ1) is 11.9. The van der Waals surface area contributed by atoms with Crippen LogP contribution in [0.1, 0.15) is 23.8 Å². The zero-order valence-electron chi connectivity index (χ0n) is 10.4. The van der Waals surface area contributed by atoms with Crippen LogP contribution in [0.5, 0.6) is 11.6 Å². The summed E-state index contributed by atoms with van der Waals surface area (Å²) < 4.78 is 5.99. The van der Waals surface area contributed by atoms with Crippen LogP contribution in [-0.4, -0.2) is 21.1 Å². The summed E-state index contributed by atoms with van der Waals surface area (Å²) in [6, 6.07) is 7.91. The summed E-state index contributed by atoms with van der Waals surface area (Å²) >= 11 is 0. The van der Waals surface area contributed by atoms with Crippen molar-refractivity contribution >= 4 is 0 Å². The molecule has 0 aliphatic carbocycles. The van der Waals surface area contributed by atoms with Gasteiger partial charge in [0.25, 0.3) is 0 Å². The fraction of sp³-hybridized carbons (Fsp3) is 0.286. The molecule has 0 saturated carbocycles. The van der Waals surface area contributed by atoms with Crippen molar-refractivity contribution in [3.05, 3.63) is 47.9 Å². The molecule has 3 rings (SSSR count). The van der Waals surface area contributed by atoms with Crippen molar-refractivity contribution in [2.75, 3.05) is 0 Å². The van der Waals surface area contributed by atoms with Crippen LogP contribution < -0.4 is 10.5 Å². The lowest BCUT2D eigenvalue weighted by atomic mass is 10.0. The molecule has 2 unspecified atom stereocenters. The second kappa shape index (κ2) is 4.85. The quantitative estimate of drug-likeness (QED) is 0.810. The van der Waals surface area contributed by atoms with E-state index in [2.05, 4.69) is 9.97 Å². The number of nitrogens with zero attached hydrogens (tertiary/aromatic N) is 2. The Balaban J connectivity index is 1.93. The predicted molar refractivity (Wildman–Crippen MR) is 69.8 cm³/mol. The van der Waals surface area contributed by atoms with Crippen molar-refractivity contribution in [2.24, 2.45) is 5.73 Å². The number of nitrogens with two attached hydrogens (primary N) is 1. The molecule has 1 aromatic heterocycles. The minimum atomic E-state index is -0.230. The normalized spacial score (nSPS) is 22.2. The Morgan fingerprint density at radius 1 is 1.21 bits per heavy atom. The second-order valence-corrected chi connectivity index (χ2v) is 4.71. The van der Waals surface area contributed by atoms with Gasteiger partial charge in [0.2, 0.25) is 5.88 Å². The van der Waals surface area contributed by atoms with E-state index in [-0.39, 0.29) is 18.0 Å². The standard InChI is InChI=1S/C14H15N3O2/c15-10-5-9-3-1-2-4-12(9)19-13(6-10)11-7-17-14(18)8-16-11/h1-4,7-8,10,13H,5-6,15H2,(H,17,18). The van der Waals surface area contributed by atoms with Gasteiger partial charge < -0.3 is 15.6 Å². The first-order chi connectivity index (χ1) is 9.22. The van der Waals surface area contributed by atoms with Crippen LogP contribution in [0.15, 0.2) is 36.7 Å². The third-order valence-corrected chi connectivity index (χ3v) is 3.23. The lowest BCUT2D eigenvalue weighted by Gasteiger charge is -2.17. The van der Waals surface area contributed by atoms with Crippen molar-refractivity contribution in [3.63, 3.8) is 0 Å². The van der Waals surface area contributed by atoms with Gasteiger partial charge in [-0.05, 0) is 18.1 Å². The number of fused-ring (bicyclic) bond motifs is 1. The molecular formula is C14H15N3O2. The maximum atomic E-state index is 9.18. The molecule has 1 aromatic carbocycles. The van der Waals surface area contributed by atoms with Gasteiger partial charge in [0, 0.05) is 12.5 Å². The maximum absolute atomic E-state index is 9.18. The van der Waals surface area contributed by atoms with E-state index in [1.807, 2.05) is 24.3 Å². The Labute approximate surface area is 111 Å². The first-order valence-electron chi connectivity index (χ1n) is 6.23. The summed E-state index contributed by atoms with van der Waals surface area (Å²) in [5.74, 6) is 0.748. The minimum Gasteiger partial charge on any atom is -0.492 e. The molecule has 2 atom stereocenters. The molecule has 19 heavy (non-hydrogen) atoms. The van der Waals surface area contributed by atoms with Crippen LogP contribution in [0.3, 0.4) is 0 Å². The van der Waals surface area contributed by atoms with E-state index in [0.29, 0.717) is 12.1 Å². The Morgan fingerprint density at radius 3 is 2.84 bits per heavy atom. The molecule has 0 radical (unpaired) electrons. The van der Waals surface area contributed by atoms with Crippen molar-refractivity contribution in [1.29, 1.82) is 0 Å². The molecule has 3 N–H and O–H groups in total. The highest BCUT2D eigenvalue weighted by Crippen LogP contribution is 2.32. The van der Waals surface area contributed by atoms with Gasteiger partial charge in [-0.15, -0.1) is 0 Å². The maximum Gasteiger partial charge on any atom is 0.229 e. The van der Waals surface area contributed by atoms with Crippen LogP contribution in [0, 0.1) is 0 Å². The van der Waals surface area contributed by atoms with Crippen molar-refractivity contribution in [1.82, 2.24) is 9.97 Å². The molecular weight excluding hydrogens is 242 g/mol. The highest BCUT2D eigenvalue weighted by Gasteiger charge is 2.24. The summed E-state index contributed by atoms with van der Waals surface area (Å²) in [5, 5.41) is 9.18. The second-order valence-electron chi connectivity index (χ2n) is 4.71. The molecule has 0 saturated heterocycles. The van der Waals surface area contributed by atoms with E-state index in [0.717, 1.165) is 17.7 Å². The van der Waals surface area contributed by atoms with Crippen LogP contribution >= 0.6 is 0 Å². The monoisotopic (exact) mass is 257 g/mol. The average Bonchev–Trinajstić information content (AvgIpc) is 2.57. The molecule has 1 aliphatic rings. The van der Waals surface area contributed by atoms with Gasteiger partial charge in [-0.25, -0.2) is 4.98 Å². The zero-order valence-corrected chi connectivity index (χ0v) is 10.4. The Morgan fingerprint density at radius 2 is 2.05 bits per heavy atom. The van der Waals surface area contributed by atoms with Crippen LogP contribution in [0.4, 0.5) is 0 Å². The number of hydrogen-bond acceptors (Lipinski definition) is 5. The Bertz CT molecular complexity index is 571. The Hall–Kier alpha value is -2.14. The smallest absolute Gasteiger partial charge is 0.229 e. The van der Waals surface area contributed by atoms with E-state index in [1.165, 1.54) is 12.4 Å². The van der Waals surface area contributed by atoms with Crippen molar-refractivity contribution in [3.8, 4) is 11.6 Å². The third kappa shape index (κ3) is 2.51. The SMILES string of the molecule is NC1Cc2ccccc2OC(c2cnc(O)cn2)C1. The molecule has 0 fully saturated rings. The van der Waals surface area contributed by atoms with Gasteiger partial charge in [0.15, 0.2) is 0 Å². The first-order valence-corrected chi connectivity index (χ1v) is 6.23. The van der Waals surface area contributed by atoms with Gasteiger partial charge in [0.05, 0.1) is 18.1 Å². The molecule has 0 spiro atoms. The van der Waals surface area contributed by atoms with Gasteiger partial charge >= 0.3 is 0 Å². The molecule has 1 aliphatic heterocycles. The topological polar surface area (TPSA) is 81.3 Å². The number of benzene rings is 1. The fourth-order valence-corrected chi connectivity index (χ4v) is 2.31. The molecule has 2 heterocycles. The number of rotatable bonds is 1. The lowest BCUT2D eigenvalue weighted by Crippen LogP contribution is -2.25. The molecule has 98 valence electrons. The minimum absolute atomic E-state index is 0.0178. The van der Waals surface area contributed by atoms with E-state index in [9.17, 15) is 5.11 Å².